The first-order valence-corrected chi connectivity index (χ1v) is 9.43. The molecule has 1 saturated heterocycles. The van der Waals surface area contributed by atoms with E-state index in [1.54, 1.807) is 0 Å². The van der Waals surface area contributed by atoms with Crippen LogP contribution in [0.1, 0.15) is 48.0 Å². The Labute approximate surface area is 149 Å². The molecule has 3 heteroatoms. The molecule has 0 aromatic heterocycles. The van der Waals surface area contributed by atoms with Crippen LogP contribution in [0.3, 0.4) is 0 Å². The summed E-state index contributed by atoms with van der Waals surface area (Å²) in [6.45, 7) is 1.84. The summed E-state index contributed by atoms with van der Waals surface area (Å²) in [4.78, 5) is 13.2. The van der Waals surface area contributed by atoms with E-state index in [0.29, 0.717) is 11.5 Å². The van der Waals surface area contributed by atoms with Crippen molar-refractivity contribution in [3.05, 3.63) is 47.5 Å². The highest BCUT2D eigenvalue weighted by molar-refractivity contribution is 6.01. The number of hydrogen-bond acceptors (Lipinski definition) is 3. The van der Waals surface area contributed by atoms with Crippen molar-refractivity contribution in [1.29, 1.82) is 5.26 Å². The fraction of sp³-hybridized carbons (Fsp3) is 0.455. The van der Waals surface area contributed by atoms with Crippen molar-refractivity contribution in [2.75, 3.05) is 13.1 Å². The quantitative estimate of drug-likeness (QED) is 0.849. The van der Waals surface area contributed by atoms with E-state index in [1.807, 2.05) is 36.4 Å². The zero-order valence-corrected chi connectivity index (χ0v) is 14.5. The van der Waals surface area contributed by atoms with Gasteiger partial charge < -0.3 is 5.32 Å². The lowest BCUT2D eigenvalue weighted by molar-refractivity contribution is 0.0799. The topological polar surface area (TPSA) is 52.9 Å². The van der Waals surface area contributed by atoms with E-state index >= 15 is 0 Å². The van der Waals surface area contributed by atoms with Gasteiger partial charge in [0.15, 0.2) is 5.78 Å². The summed E-state index contributed by atoms with van der Waals surface area (Å²) in [5.74, 6) is 1.75. The molecule has 0 radical (unpaired) electrons. The molecule has 2 aliphatic rings. The Morgan fingerprint density at radius 1 is 1.12 bits per heavy atom. The standard InChI is InChI=1S/C22H24N2O/c23-13-16-4-5-18-12-20(7-6-17(18)11-16)22(25)21-14-24-9-8-19(21)10-15-2-1-3-15/h4-7,11-12,15,19,21,24H,1-3,8-10,14H2. The van der Waals surface area contributed by atoms with E-state index in [-0.39, 0.29) is 11.7 Å². The van der Waals surface area contributed by atoms with Crippen LogP contribution in [-0.4, -0.2) is 18.9 Å². The average molecular weight is 332 g/mol. The minimum absolute atomic E-state index is 0.102. The number of nitrogens with one attached hydrogen (secondary N) is 1. The van der Waals surface area contributed by atoms with Crippen molar-refractivity contribution in [1.82, 2.24) is 5.32 Å². The van der Waals surface area contributed by atoms with Gasteiger partial charge in [-0.25, -0.2) is 0 Å². The van der Waals surface area contributed by atoms with Crippen LogP contribution in [0.5, 0.6) is 0 Å². The first kappa shape index (κ1) is 16.3. The number of piperidine rings is 1. The molecule has 0 amide bonds. The van der Waals surface area contributed by atoms with Crippen molar-refractivity contribution in [2.45, 2.75) is 32.1 Å². The monoisotopic (exact) mass is 332 g/mol. The molecule has 0 bridgehead atoms. The van der Waals surface area contributed by atoms with E-state index < -0.39 is 0 Å². The summed E-state index contributed by atoms with van der Waals surface area (Å²) >= 11 is 0. The molecule has 25 heavy (non-hydrogen) atoms. The fourth-order valence-electron chi connectivity index (χ4n) is 4.34. The third-order valence-corrected chi connectivity index (χ3v) is 6.08. The van der Waals surface area contributed by atoms with E-state index in [0.717, 1.165) is 41.8 Å². The molecule has 1 aliphatic carbocycles. The van der Waals surface area contributed by atoms with Gasteiger partial charge in [-0.2, -0.15) is 5.26 Å². The maximum Gasteiger partial charge on any atom is 0.167 e. The highest BCUT2D eigenvalue weighted by Crippen LogP contribution is 2.37. The lowest BCUT2D eigenvalue weighted by Crippen LogP contribution is -2.42. The maximum absolute atomic E-state index is 13.2. The Morgan fingerprint density at radius 3 is 2.68 bits per heavy atom. The SMILES string of the molecule is N#Cc1ccc2cc(C(=O)C3CNCCC3CC3CCC3)ccc2c1. The van der Waals surface area contributed by atoms with E-state index in [2.05, 4.69) is 11.4 Å². The normalized spacial score (nSPS) is 23.8. The molecule has 2 aromatic carbocycles. The summed E-state index contributed by atoms with van der Waals surface area (Å²) in [5.41, 5.74) is 1.47. The summed E-state index contributed by atoms with van der Waals surface area (Å²) in [6.07, 6.45) is 6.40. The van der Waals surface area contributed by atoms with Gasteiger partial charge in [0.1, 0.15) is 0 Å². The second kappa shape index (κ2) is 6.98. The molecule has 3 nitrogen and oxygen atoms in total. The Kier molecular flexibility index (Phi) is 4.55. The first-order chi connectivity index (χ1) is 12.2. The largest absolute Gasteiger partial charge is 0.316 e. The smallest absolute Gasteiger partial charge is 0.167 e. The lowest BCUT2D eigenvalue weighted by atomic mass is 9.71. The van der Waals surface area contributed by atoms with Crippen LogP contribution in [-0.2, 0) is 0 Å². The van der Waals surface area contributed by atoms with Crippen molar-refractivity contribution in [2.24, 2.45) is 17.8 Å². The number of carbonyl (C=O) groups is 1. The van der Waals surface area contributed by atoms with Crippen LogP contribution in [0.4, 0.5) is 0 Å². The highest BCUT2D eigenvalue weighted by Gasteiger charge is 2.34. The summed E-state index contributed by atoms with van der Waals surface area (Å²) < 4.78 is 0. The Hall–Kier alpha value is -2.18. The van der Waals surface area contributed by atoms with Gasteiger partial charge in [-0.05, 0) is 60.2 Å². The van der Waals surface area contributed by atoms with Gasteiger partial charge in [0, 0.05) is 18.0 Å². The lowest BCUT2D eigenvalue weighted by Gasteiger charge is -2.36. The number of nitrogens with zero attached hydrogens (tertiary/aromatic N) is 1. The molecule has 2 atom stereocenters. The number of hydrogen-bond donors (Lipinski definition) is 1. The van der Waals surface area contributed by atoms with Gasteiger partial charge in [0.25, 0.3) is 0 Å². The van der Waals surface area contributed by atoms with E-state index in [9.17, 15) is 4.79 Å². The van der Waals surface area contributed by atoms with E-state index in [4.69, 9.17) is 5.26 Å². The number of fused-ring (bicyclic) bond motifs is 1. The summed E-state index contributed by atoms with van der Waals surface area (Å²) in [6, 6.07) is 13.7. The van der Waals surface area contributed by atoms with Crippen LogP contribution in [0, 0.1) is 29.1 Å². The van der Waals surface area contributed by atoms with Gasteiger partial charge in [0.05, 0.1) is 11.6 Å². The fourth-order valence-corrected chi connectivity index (χ4v) is 4.34. The molecule has 2 fully saturated rings. The van der Waals surface area contributed by atoms with Crippen LogP contribution < -0.4 is 5.32 Å². The van der Waals surface area contributed by atoms with Gasteiger partial charge in [-0.15, -0.1) is 0 Å². The van der Waals surface area contributed by atoms with Crippen LogP contribution in [0.2, 0.25) is 0 Å². The molecular formula is C22H24N2O. The van der Waals surface area contributed by atoms with Crippen molar-refractivity contribution in [3.8, 4) is 6.07 Å². The zero-order valence-electron chi connectivity index (χ0n) is 14.5. The summed E-state index contributed by atoms with van der Waals surface area (Å²) in [7, 11) is 0. The zero-order chi connectivity index (χ0) is 17.2. The van der Waals surface area contributed by atoms with Crippen LogP contribution in [0.25, 0.3) is 10.8 Å². The molecule has 2 aromatic rings. The number of rotatable bonds is 4. The second-order valence-corrected chi connectivity index (χ2v) is 7.64. The molecule has 1 aliphatic heterocycles. The molecule has 128 valence electrons. The van der Waals surface area contributed by atoms with Crippen LogP contribution in [0.15, 0.2) is 36.4 Å². The van der Waals surface area contributed by atoms with Crippen LogP contribution >= 0.6 is 0 Å². The molecule has 1 N–H and O–H groups in total. The Morgan fingerprint density at radius 2 is 1.92 bits per heavy atom. The number of nitriles is 1. The molecule has 4 rings (SSSR count). The molecule has 1 saturated carbocycles. The number of carbonyl (C=O) groups excluding carboxylic acids is 1. The van der Waals surface area contributed by atoms with Crippen molar-refractivity contribution >= 4 is 16.6 Å². The molecular weight excluding hydrogens is 308 g/mol. The number of benzene rings is 2. The number of Topliss-reactive ketones (excluding diaryl/α,β-unsaturated/α-hetero) is 1. The van der Waals surface area contributed by atoms with Crippen molar-refractivity contribution < 1.29 is 4.79 Å². The van der Waals surface area contributed by atoms with Gasteiger partial charge >= 0.3 is 0 Å². The predicted molar refractivity (Wildman–Crippen MR) is 99.4 cm³/mol. The third-order valence-electron chi connectivity index (χ3n) is 6.08. The minimum atomic E-state index is 0.102. The van der Waals surface area contributed by atoms with E-state index in [1.165, 1.54) is 25.7 Å². The maximum atomic E-state index is 13.2. The third kappa shape index (κ3) is 3.32. The molecule has 0 spiro atoms. The molecule has 1 heterocycles. The summed E-state index contributed by atoms with van der Waals surface area (Å²) in [5, 5.41) is 14.5. The average Bonchev–Trinajstić information content (AvgIpc) is 2.63. The number of ketones is 1. The van der Waals surface area contributed by atoms with Gasteiger partial charge in [-0.1, -0.05) is 37.5 Å². The minimum Gasteiger partial charge on any atom is -0.316 e. The van der Waals surface area contributed by atoms with Gasteiger partial charge in [0.2, 0.25) is 0 Å². The van der Waals surface area contributed by atoms with Crippen molar-refractivity contribution in [3.63, 3.8) is 0 Å². The van der Waals surface area contributed by atoms with Gasteiger partial charge in [-0.3, -0.25) is 4.79 Å². The highest BCUT2D eigenvalue weighted by atomic mass is 16.1. The molecule has 2 unspecified atom stereocenters. The first-order valence-electron chi connectivity index (χ1n) is 9.43. The second-order valence-electron chi connectivity index (χ2n) is 7.64. The Bertz CT molecular complexity index is 832. The Balaban J connectivity index is 1.57. The predicted octanol–water partition coefficient (Wildman–Crippen LogP) is 4.31.